The van der Waals surface area contributed by atoms with Crippen LogP contribution in [0.3, 0.4) is 0 Å². The largest absolute Gasteiger partial charge is 0.313 e. The first kappa shape index (κ1) is 14.3. The van der Waals surface area contributed by atoms with E-state index in [-0.39, 0.29) is 6.04 Å². The van der Waals surface area contributed by atoms with Crippen molar-refractivity contribution in [1.82, 2.24) is 10.3 Å². The second-order valence-corrected chi connectivity index (χ2v) is 5.23. The van der Waals surface area contributed by atoms with Crippen LogP contribution in [0.2, 0.25) is 10.0 Å². The Morgan fingerprint density at radius 1 is 1.21 bits per heavy atom. The normalized spacial score (nSPS) is 12.4. The third-order valence-electron chi connectivity index (χ3n) is 3.14. The molecule has 2 nitrogen and oxygen atoms in total. The summed E-state index contributed by atoms with van der Waals surface area (Å²) in [4.78, 5) is 4.13. The minimum Gasteiger partial charge on any atom is -0.313 e. The van der Waals surface area contributed by atoms with E-state index in [0.29, 0.717) is 10.0 Å². The molecule has 0 radical (unpaired) electrons. The van der Waals surface area contributed by atoms with Gasteiger partial charge in [0.05, 0.1) is 10.0 Å². The standard InChI is InChI=1S/C15H16Cl2N2/c1-18-15(7-4-11-3-2-8-19-10-11)12-5-6-13(16)14(17)9-12/h2-3,5-6,8-10,15,18H,4,7H2,1H3. The maximum absolute atomic E-state index is 6.06. The van der Waals surface area contributed by atoms with Crippen LogP contribution in [0.5, 0.6) is 0 Å². The van der Waals surface area contributed by atoms with Crippen LogP contribution in [0.15, 0.2) is 42.7 Å². The van der Waals surface area contributed by atoms with Crippen LogP contribution in [-0.4, -0.2) is 12.0 Å². The predicted octanol–water partition coefficient (Wildman–Crippen LogP) is 4.28. The minimum atomic E-state index is 0.259. The van der Waals surface area contributed by atoms with E-state index in [1.165, 1.54) is 5.56 Å². The van der Waals surface area contributed by atoms with Gasteiger partial charge < -0.3 is 5.32 Å². The van der Waals surface area contributed by atoms with Crippen molar-refractivity contribution >= 4 is 23.2 Å². The van der Waals surface area contributed by atoms with E-state index >= 15 is 0 Å². The highest BCUT2D eigenvalue weighted by Crippen LogP contribution is 2.27. The molecule has 1 N–H and O–H groups in total. The van der Waals surface area contributed by atoms with Crippen molar-refractivity contribution in [3.8, 4) is 0 Å². The maximum Gasteiger partial charge on any atom is 0.0595 e. The Morgan fingerprint density at radius 3 is 2.68 bits per heavy atom. The fraction of sp³-hybridized carbons (Fsp3) is 0.267. The molecule has 1 unspecified atom stereocenters. The molecular weight excluding hydrogens is 279 g/mol. The van der Waals surface area contributed by atoms with Crippen LogP contribution >= 0.6 is 23.2 Å². The zero-order chi connectivity index (χ0) is 13.7. The number of pyridine rings is 1. The minimum absolute atomic E-state index is 0.259. The Kier molecular flexibility index (Phi) is 5.20. The number of benzene rings is 1. The van der Waals surface area contributed by atoms with E-state index in [2.05, 4.69) is 16.4 Å². The molecule has 0 bridgehead atoms. The highest BCUT2D eigenvalue weighted by Gasteiger charge is 2.11. The topological polar surface area (TPSA) is 24.9 Å². The summed E-state index contributed by atoms with van der Waals surface area (Å²) in [6.07, 6.45) is 5.65. The van der Waals surface area contributed by atoms with E-state index in [1.807, 2.05) is 37.5 Å². The number of halogens is 2. The van der Waals surface area contributed by atoms with Gasteiger partial charge in [0, 0.05) is 18.4 Å². The summed E-state index contributed by atoms with van der Waals surface area (Å²) in [6, 6.07) is 10.1. The monoisotopic (exact) mass is 294 g/mol. The third-order valence-corrected chi connectivity index (χ3v) is 3.88. The molecule has 1 heterocycles. The molecule has 19 heavy (non-hydrogen) atoms. The Balaban J connectivity index is 2.05. The number of nitrogens with zero attached hydrogens (tertiary/aromatic N) is 1. The lowest BCUT2D eigenvalue weighted by atomic mass is 10.00. The van der Waals surface area contributed by atoms with Crippen molar-refractivity contribution < 1.29 is 0 Å². The lowest BCUT2D eigenvalue weighted by Gasteiger charge is -2.17. The number of nitrogens with one attached hydrogen (secondary N) is 1. The quantitative estimate of drug-likeness (QED) is 0.890. The second-order valence-electron chi connectivity index (χ2n) is 4.41. The van der Waals surface area contributed by atoms with E-state index < -0.39 is 0 Å². The van der Waals surface area contributed by atoms with Crippen LogP contribution in [0, 0.1) is 0 Å². The van der Waals surface area contributed by atoms with Crippen molar-refractivity contribution in [3.05, 3.63) is 63.9 Å². The smallest absolute Gasteiger partial charge is 0.0595 e. The van der Waals surface area contributed by atoms with E-state index in [9.17, 15) is 0 Å². The zero-order valence-electron chi connectivity index (χ0n) is 10.7. The molecule has 0 fully saturated rings. The van der Waals surface area contributed by atoms with Gasteiger partial charge in [0.2, 0.25) is 0 Å². The first-order chi connectivity index (χ1) is 9.20. The lowest BCUT2D eigenvalue weighted by molar-refractivity contribution is 0.549. The van der Waals surface area contributed by atoms with Crippen molar-refractivity contribution in [2.45, 2.75) is 18.9 Å². The van der Waals surface area contributed by atoms with Crippen LogP contribution < -0.4 is 5.32 Å². The predicted molar refractivity (Wildman–Crippen MR) is 80.8 cm³/mol. The summed E-state index contributed by atoms with van der Waals surface area (Å²) in [5.74, 6) is 0. The van der Waals surface area contributed by atoms with Crippen LogP contribution in [0.4, 0.5) is 0 Å². The molecular formula is C15H16Cl2N2. The fourth-order valence-corrected chi connectivity index (χ4v) is 2.37. The molecule has 0 aliphatic rings. The molecule has 0 aliphatic carbocycles. The van der Waals surface area contributed by atoms with Crippen molar-refractivity contribution in [2.24, 2.45) is 0 Å². The summed E-state index contributed by atoms with van der Waals surface area (Å²) >= 11 is 12.0. The summed E-state index contributed by atoms with van der Waals surface area (Å²) in [6.45, 7) is 0. The number of hydrogen-bond acceptors (Lipinski definition) is 2. The number of aromatic nitrogens is 1. The van der Waals surface area contributed by atoms with Gasteiger partial charge in [0.15, 0.2) is 0 Å². The average Bonchev–Trinajstić information content (AvgIpc) is 2.44. The Bertz CT molecular complexity index is 529. The van der Waals surface area contributed by atoms with Gasteiger partial charge in [-0.25, -0.2) is 0 Å². The number of hydrogen-bond donors (Lipinski definition) is 1. The molecule has 2 aromatic rings. The van der Waals surface area contributed by atoms with Gasteiger partial charge in [-0.05, 0) is 49.2 Å². The van der Waals surface area contributed by atoms with Crippen LogP contribution in [0.25, 0.3) is 0 Å². The summed E-state index contributed by atoms with van der Waals surface area (Å²) in [5.41, 5.74) is 2.39. The lowest BCUT2D eigenvalue weighted by Crippen LogP contribution is -2.17. The van der Waals surface area contributed by atoms with Gasteiger partial charge in [0.1, 0.15) is 0 Å². The first-order valence-electron chi connectivity index (χ1n) is 6.22. The highest BCUT2D eigenvalue weighted by molar-refractivity contribution is 6.42. The fourth-order valence-electron chi connectivity index (χ4n) is 2.06. The van der Waals surface area contributed by atoms with Gasteiger partial charge in [-0.3, -0.25) is 4.98 Å². The van der Waals surface area contributed by atoms with Crippen LogP contribution in [-0.2, 0) is 6.42 Å². The Labute approximate surface area is 123 Å². The van der Waals surface area contributed by atoms with E-state index in [1.54, 1.807) is 6.20 Å². The maximum atomic E-state index is 6.06. The number of rotatable bonds is 5. The zero-order valence-corrected chi connectivity index (χ0v) is 12.2. The highest BCUT2D eigenvalue weighted by atomic mass is 35.5. The molecule has 0 spiro atoms. The van der Waals surface area contributed by atoms with Gasteiger partial charge in [-0.2, -0.15) is 0 Å². The van der Waals surface area contributed by atoms with Gasteiger partial charge in [-0.15, -0.1) is 0 Å². The molecule has 0 aliphatic heterocycles. The van der Waals surface area contributed by atoms with E-state index in [0.717, 1.165) is 18.4 Å². The van der Waals surface area contributed by atoms with Crippen molar-refractivity contribution in [1.29, 1.82) is 0 Å². The van der Waals surface area contributed by atoms with Gasteiger partial charge in [-0.1, -0.05) is 35.3 Å². The summed E-state index contributed by atoms with van der Waals surface area (Å²) in [7, 11) is 1.95. The average molecular weight is 295 g/mol. The molecule has 0 amide bonds. The Morgan fingerprint density at radius 2 is 2.05 bits per heavy atom. The molecule has 100 valence electrons. The van der Waals surface area contributed by atoms with Crippen LogP contribution in [0.1, 0.15) is 23.6 Å². The molecule has 0 saturated heterocycles. The molecule has 1 atom stereocenters. The number of aryl methyl sites for hydroxylation is 1. The van der Waals surface area contributed by atoms with E-state index in [4.69, 9.17) is 23.2 Å². The van der Waals surface area contributed by atoms with Crippen molar-refractivity contribution in [3.63, 3.8) is 0 Å². The molecule has 4 heteroatoms. The SMILES string of the molecule is CNC(CCc1cccnc1)c1ccc(Cl)c(Cl)c1. The van der Waals surface area contributed by atoms with Gasteiger partial charge in [0.25, 0.3) is 0 Å². The molecule has 1 aromatic heterocycles. The van der Waals surface area contributed by atoms with Gasteiger partial charge >= 0.3 is 0 Å². The summed E-state index contributed by atoms with van der Waals surface area (Å²) in [5, 5.41) is 4.50. The van der Waals surface area contributed by atoms with Crippen molar-refractivity contribution in [2.75, 3.05) is 7.05 Å². The Hall–Kier alpha value is -1.09. The third kappa shape index (κ3) is 3.93. The first-order valence-corrected chi connectivity index (χ1v) is 6.97. The summed E-state index contributed by atoms with van der Waals surface area (Å²) < 4.78 is 0. The molecule has 2 rings (SSSR count). The molecule has 1 aromatic carbocycles. The molecule has 0 saturated carbocycles. The second kappa shape index (κ2) is 6.90.